The molecular formula is C17H20ClNO2. The average molecular weight is 306 g/mol. The Labute approximate surface area is 130 Å². The number of hydrogen-bond acceptors (Lipinski definition) is 3. The van der Waals surface area contributed by atoms with Gasteiger partial charge in [0.15, 0.2) is 5.22 Å². The molecule has 1 aromatic heterocycles. The highest BCUT2D eigenvalue weighted by molar-refractivity contribution is 6.28. The summed E-state index contributed by atoms with van der Waals surface area (Å²) in [7, 11) is 0. The molecule has 1 aromatic carbocycles. The predicted octanol–water partition coefficient (Wildman–Crippen LogP) is 4.35. The Morgan fingerprint density at radius 1 is 1.29 bits per heavy atom. The Bertz CT molecular complexity index is 648. The molecule has 1 aliphatic heterocycles. The lowest BCUT2D eigenvalue weighted by molar-refractivity contribution is 0.138. The van der Waals surface area contributed by atoms with Crippen LogP contribution in [0.3, 0.4) is 0 Å². The normalized spacial score (nSPS) is 17.3. The molecule has 0 amide bonds. The monoisotopic (exact) mass is 305 g/mol. The number of furan rings is 1. The van der Waals surface area contributed by atoms with Gasteiger partial charge in [-0.2, -0.15) is 0 Å². The van der Waals surface area contributed by atoms with E-state index in [2.05, 4.69) is 38.2 Å². The third kappa shape index (κ3) is 2.94. The molecule has 21 heavy (non-hydrogen) atoms. The topological polar surface area (TPSA) is 34.4 Å². The highest BCUT2D eigenvalue weighted by atomic mass is 35.5. The predicted molar refractivity (Wildman–Crippen MR) is 84.1 cm³/mol. The van der Waals surface area contributed by atoms with Crippen LogP contribution in [-0.2, 0) is 6.42 Å². The van der Waals surface area contributed by atoms with Gasteiger partial charge in [0.2, 0.25) is 0 Å². The highest BCUT2D eigenvalue weighted by Gasteiger charge is 2.30. The van der Waals surface area contributed by atoms with Gasteiger partial charge in [-0.3, -0.25) is 0 Å². The second kappa shape index (κ2) is 5.39. The molecule has 3 rings (SSSR count). The van der Waals surface area contributed by atoms with E-state index in [0.717, 1.165) is 24.5 Å². The van der Waals surface area contributed by atoms with Crippen molar-refractivity contribution in [3.63, 3.8) is 0 Å². The molecule has 0 aliphatic carbocycles. The van der Waals surface area contributed by atoms with Gasteiger partial charge in [-0.05, 0) is 67.4 Å². The minimum Gasteiger partial charge on any atom is -0.487 e. The number of benzene rings is 1. The number of ether oxygens (including phenoxy) is 1. The first kappa shape index (κ1) is 14.5. The van der Waals surface area contributed by atoms with E-state index < -0.39 is 0 Å². The van der Waals surface area contributed by atoms with Crippen molar-refractivity contribution >= 4 is 11.6 Å². The number of fused-ring (bicyclic) bond motifs is 1. The summed E-state index contributed by atoms with van der Waals surface area (Å²) in [5.41, 5.74) is 2.30. The minimum absolute atomic E-state index is 0.0107. The molecule has 112 valence electrons. The molecule has 1 aliphatic rings. The van der Waals surface area contributed by atoms with E-state index in [1.54, 1.807) is 6.07 Å². The van der Waals surface area contributed by atoms with Gasteiger partial charge in [0.25, 0.3) is 0 Å². The van der Waals surface area contributed by atoms with Crippen LogP contribution in [0.25, 0.3) is 0 Å². The molecule has 0 radical (unpaired) electrons. The first-order valence-electron chi connectivity index (χ1n) is 7.29. The molecule has 3 nitrogen and oxygen atoms in total. The fraction of sp³-hybridized carbons (Fsp3) is 0.412. The number of rotatable bonds is 4. The Morgan fingerprint density at radius 3 is 2.76 bits per heavy atom. The van der Waals surface area contributed by atoms with Crippen LogP contribution in [0.4, 0.5) is 0 Å². The van der Waals surface area contributed by atoms with E-state index in [1.807, 2.05) is 12.1 Å². The zero-order valence-corrected chi connectivity index (χ0v) is 13.3. The van der Waals surface area contributed by atoms with Crippen molar-refractivity contribution in [2.24, 2.45) is 0 Å². The van der Waals surface area contributed by atoms with Crippen molar-refractivity contribution in [3.05, 3.63) is 52.4 Å². The van der Waals surface area contributed by atoms with Crippen LogP contribution in [0.2, 0.25) is 5.22 Å². The third-order valence-corrected chi connectivity index (χ3v) is 3.91. The van der Waals surface area contributed by atoms with E-state index in [-0.39, 0.29) is 11.6 Å². The lowest BCUT2D eigenvalue weighted by atomic mass is 9.97. The van der Waals surface area contributed by atoms with Gasteiger partial charge in [-0.1, -0.05) is 13.0 Å². The molecule has 0 spiro atoms. The molecule has 1 N–H and O–H groups in total. The largest absolute Gasteiger partial charge is 0.487 e. The summed E-state index contributed by atoms with van der Waals surface area (Å²) in [6.07, 6.45) is 0.925. The van der Waals surface area contributed by atoms with Crippen LogP contribution in [-0.4, -0.2) is 12.1 Å². The van der Waals surface area contributed by atoms with Crippen molar-refractivity contribution < 1.29 is 9.15 Å². The molecule has 0 bridgehead atoms. The summed E-state index contributed by atoms with van der Waals surface area (Å²) in [5.74, 6) is 1.82. The zero-order valence-electron chi connectivity index (χ0n) is 12.6. The lowest BCUT2D eigenvalue weighted by Crippen LogP contribution is -2.24. The summed E-state index contributed by atoms with van der Waals surface area (Å²) in [4.78, 5) is 0. The van der Waals surface area contributed by atoms with Crippen molar-refractivity contribution in [2.75, 3.05) is 6.54 Å². The number of halogens is 1. The van der Waals surface area contributed by atoms with E-state index in [1.165, 1.54) is 11.1 Å². The molecular weight excluding hydrogens is 286 g/mol. The molecule has 1 unspecified atom stereocenters. The van der Waals surface area contributed by atoms with Crippen LogP contribution in [0, 0.1) is 0 Å². The Balaban J connectivity index is 1.95. The average Bonchev–Trinajstić information content (AvgIpc) is 2.96. The third-order valence-electron chi connectivity index (χ3n) is 3.71. The Morgan fingerprint density at radius 2 is 2.10 bits per heavy atom. The SMILES string of the molecule is CCNC(c1ccc2c(c1)CC(C)(C)O2)c1ccc(Cl)o1. The van der Waals surface area contributed by atoms with Gasteiger partial charge in [-0.15, -0.1) is 0 Å². The van der Waals surface area contributed by atoms with E-state index in [9.17, 15) is 0 Å². The summed E-state index contributed by atoms with van der Waals surface area (Å²) in [6, 6.07) is 10.0. The van der Waals surface area contributed by atoms with Gasteiger partial charge >= 0.3 is 0 Å². The standard InChI is InChI=1S/C17H20ClNO2/c1-4-19-16(14-7-8-15(18)20-14)11-5-6-13-12(9-11)10-17(2,3)21-13/h5-9,16,19H,4,10H2,1-3H3. The van der Waals surface area contributed by atoms with Gasteiger partial charge in [0, 0.05) is 6.42 Å². The van der Waals surface area contributed by atoms with Crippen LogP contribution in [0.1, 0.15) is 43.7 Å². The van der Waals surface area contributed by atoms with Crippen LogP contribution in [0.5, 0.6) is 5.75 Å². The van der Waals surface area contributed by atoms with Crippen LogP contribution < -0.4 is 10.1 Å². The zero-order chi connectivity index (χ0) is 15.0. The van der Waals surface area contributed by atoms with Crippen LogP contribution >= 0.6 is 11.6 Å². The quantitative estimate of drug-likeness (QED) is 0.912. The summed E-state index contributed by atoms with van der Waals surface area (Å²) in [5, 5.41) is 3.86. The molecule has 0 saturated carbocycles. The summed E-state index contributed by atoms with van der Waals surface area (Å²) >= 11 is 5.91. The number of nitrogens with one attached hydrogen (secondary N) is 1. The fourth-order valence-corrected chi connectivity index (χ4v) is 3.03. The first-order valence-corrected chi connectivity index (χ1v) is 7.67. The lowest BCUT2D eigenvalue weighted by Gasteiger charge is -2.17. The van der Waals surface area contributed by atoms with Gasteiger partial charge < -0.3 is 14.5 Å². The van der Waals surface area contributed by atoms with Crippen LogP contribution in [0.15, 0.2) is 34.7 Å². The summed E-state index contributed by atoms with van der Waals surface area (Å²) in [6.45, 7) is 7.15. The smallest absolute Gasteiger partial charge is 0.193 e. The minimum atomic E-state index is -0.122. The van der Waals surface area contributed by atoms with Crippen molar-refractivity contribution in [1.82, 2.24) is 5.32 Å². The molecule has 0 fully saturated rings. The highest BCUT2D eigenvalue weighted by Crippen LogP contribution is 2.37. The fourth-order valence-electron chi connectivity index (χ4n) is 2.88. The second-order valence-corrected chi connectivity index (χ2v) is 6.41. The van der Waals surface area contributed by atoms with Gasteiger partial charge in [-0.25, -0.2) is 0 Å². The Kier molecular flexibility index (Phi) is 3.72. The number of hydrogen-bond donors (Lipinski definition) is 1. The van der Waals surface area contributed by atoms with Gasteiger partial charge in [0.1, 0.15) is 17.1 Å². The molecule has 2 aromatic rings. The van der Waals surface area contributed by atoms with E-state index >= 15 is 0 Å². The molecule has 1 atom stereocenters. The maximum atomic E-state index is 5.93. The van der Waals surface area contributed by atoms with Crippen molar-refractivity contribution in [2.45, 2.75) is 38.8 Å². The van der Waals surface area contributed by atoms with Crippen molar-refractivity contribution in [1.29, 1.82) is 0 Å². The van der Waals surface area contributed by atoms with Crippen molar-refractivity contribution in [3.8, 4) is 5.75 Å². The summed E-state index contributed by atoms with van der Waals surface area (Å²) < 4.78 is 11.5. The maximum absolute atomic E-state index is 5.93. The second-order valence-electron chi connectivity index (χ2n) is 6.04. The van der Waals surface area contributed by atoms with E-state index in [4.69, 9.17) is 20.8 Å². The maximum Gasteiger partial charge on any atom is 0.193 e. The first-order chi connectivity index (χ1) is 9.98. The molecule has 0 saturated heterocycles. The molecule has 2 heterocycles. The Hall–Kier alpha value is -1.45. The molecule has 4 heteroatoms. The van der Waals surface area contributed by atoms with E-state index in [0.29, 0.717) is 5.22 Å². The van der Waals surface area contributed by atoms with Gasteiger partial charge in [0.05, 0.1) is 6.04 Å².